The number of amides is 1. The molecule has 1 fully saturated rings. The number of rotatable bonds is 5. The maximum absolute atomic E-state index is 12.5. The minimum atomic E-state index is -0.168. The topological polar surface area (TPSA) is 64.0 Å². The van der Waals surface area contributed by atoms with Gasteiger partial charge in [0, 0.05) is 0 Å². The van der Waals surface area contributed by atoms with Crippen LogP contribution in [0.2, 0.25) is 0 Å². The van der Waals surface area contributed by atoms with E-state index >= 15 is 0 Å². The summed E-state index contributed by atoms with van der Waals surface area (Å²) in [4.78, 5) is 29.8. The van der Waals surface area contributed by atoms with Crippen LogP contribution >= 0.6 is 11.3 Å². The lowest BCUT2D eigenvalue weighted by Crippen LogP contribution is -2.35. The lowest BCUT2D eigenvalue weighted by atomic mass is 10.0. The Bertz CT molecular complexity index is 928. The lowest BCUT2D eigenvalue weighted by molar-refractivity contribution is -0.122. The summed E-state index contributed by atoms with van der Waals surface area (Å²) in [6, 6.07) is 11.8. The summed E-state index contributed by atoms with van der Waals surface area (Å²) in [6.45, 7) is -0.00628. The van der Waals surface area contributed by atoms with Gasteiger partial charge in [-0.05, 0) is 35.8 Å². The monoisotopic (exact) mass is 339 g/mol. The number of carbonyl (C=O) groups is 1. The number of hydrogen-bond acceptors (Lipinski definition) is 4. The zero-order chi connectivity index (χ0) is 16.5. The van der Waals surface area contributed by atoms with Gasteiger partial charge in [0.15, 0.2) is 0 Å². The first-order valence-corrected chi connectivity index (χ1v) is 8.87. The van der Waals surface area contributed by atoms with Crippen molar-refractivity contribution in [1.29, 1.82) is 0 Å². The van der Waals surface area contributed by atoms with E-state index in [0.717, 1.165) is 18.4 Å². The molecule has 122 valence electrons. The number of nitrogens with zero attached hydrogens (tertiary/aromatic N) is 2. The van der Waals surface area contributed by atoms with Crippen molar-refractivity contribution in [2.24, 2.45) is 5.92 Å². The van der Waals surface area contributed by atoms with Gasteiger partial charge in [-0.3, -0.25) is 14.2 Å². The van der Waals surface area contributed by atoms with Gasteiger partial charge in [0.2, 0.25) is 5.91 Å². The number of aromatic nitrogens is 2. The van der Waals surface area contributed by atoms with E-state index in [9.17, 15) is 9.59 Å². The molecule has 2 aromatic heterocycles. The molecule has 3 aromatic rings. The van der Waals surface area contributed by atoms with Crippen LogP contribution in [0.4, 0.5) is 0 Å². The Morgan fingerprint density at radius 1 is 1.29 bits per heavy atom. The number of fused-ring (bicyclic) bond motifs is 1. The van der Waals surface area contributed by atoms with E-state index in [0.29, 0.717) is 16.1 Å². The maximum Gasteiger partial charge on any atom is 0.262 e. The smallest absolute Gasteiger partial charge is 0.262 e. The van der Waals surface area contributed by atoms with Crippen molar-refractivity contribution >= 4 is 27.5 Å². The summed E-state index contributed by atoms with van der Waals surface area (Å²) in [5.41, 5.74) is 0.950. The first-order chi connectivity index (χ1) is 11.7. The molecule has 1 aliphatic rings. The van der Waals surface area contributed by atoms with Gasteiger partial charge in [0.1, 0.15) is 11.4 Å². The Morgan fingerprint density at radius 3 is 2.83 bits per heavy atom. The van der Waals surface area contributed by atoms with Crippen molar-refractivity contribution in [3.05, 3.63) is 64.0 Å². The van der Waals surface area contributed by atoms with Crippen LogP contribution in [0.25, 0.3) is 10.2 Å². The summed E-state index contributed by atoms with van der Waals surface area (Å²) >= 11 is 1.42. The van der Waals surface area contributed by atoms with Crippen LogP contribution in [0, 0.1) is 5.92 Å². The van der Waals surface area contributed by atoms with E-state index in [2.05, 4.69) is 10.3 Å². The third-order valence-electron chi connectivity index (χ3n) is 4.33. The van der Waals surface area contributed by atoms with Gasteiger partial charge < -0.3 is 5.32 Å². The van der Waals surface area contributed by atoms with Gasteiger partial charge in [-0.1, -0.05) is 30.3 Å². The number of carbonyl (C=O) groups excluding carboxylic acids is 1. The van der Waals surface area contributed by atoms with E-state index in [4.69, 9.17) is 0 Å². The van der Waals surface area contributed by atoms with Crippen LogP contribution in [0.15, 0.2) is 52.9 Å². The molecule has 0 saturated heterocycles. The second-order valence-corrected chi connectivity index (χ2v) is 7.00. The molecule has 1 amide bonds. The summed E-state index contributed by atoms with van der Waals surface area (Å²) in [5, 5.41) is 5.49. The molecule has 5 nitrogen and oxygen atoms in total. The average molecular weight is 339 g/mol. The number of nitrogens with one attached hydrogen (secondary N) is 1. The van der Waals surface area contributed by atoms with Crippen molar-refractivity contribution in [1.82, 2.24) is 14.9 Å². The fourth-order valence-electron chi connectivity index (χ4n) is 2.94. The first kappa shape index (κ1) is 15.1. The van der Waals surface area contributed by atoms with Gasteiger partial charge in [0.25, 0.3) is 5.56 Å². The highest BCUT2D eigenvalue weighted by Gasteiger charge is 2.33. The summed E-state index contributed by atoms with van der Waals surface area (Å²) in [6.07, 6.45) is 3.71. The summed E-state index contributed by atoms with van der Waals surface area (Å²) < 4.78 is 1.37. The molecular weight excluding hydrogens is 322 g/mol. The van der Waals surface area contributed by atoms with Crippen molar-refractivity contribution in [2.45, 2.75) is 25.4 Å². The third kappa shape index (κ3) is 2.97. The predicted octanol–water partition coefficient (Wildman–Crippen LogP) is 2.73. The Kier molecular flexibility index (Phi) is 3.90. The van der Waals surface area contributed by atoms with Crippen LogP contribution in [0.3, 0.4) is 0 Å². The van der Waals surface area contributed by atoms with E-state index in [1.165, 1.54) is 22.2 Å². The minimum Gasteiger partial charge on any atom is -0.347 e. The molecule has 1 atom stereocenters. The van der Waals surface area contributed by atoms with E-state index in [1.807, 2.05) is 35.7 Å². The molecule has 1 aromatic carbocycles. The zero-order valence-corrected chi connectivity index (χ0v) is 13.8. The maximum atomic E-state index is 12.5. The van der Waals surface area contributed by atoms with Crippen molar-refractivity contribution in [2.75, 3.05) is 0 Å². The molecule has 6 heteroatoms. The van der Waals surface area contributed by atoms with Crippen LogP contribution in [0.1, 0.15) is 24.4 Å². The highest BCUT2D eigenvalue weighted by molar-refractivity contribution is 7.16. The Morgan fingerprint density at radius 2 is 2.08 bits per heavy atom. The average Bonchev–Trinajstić information content (AvgIpc) is 3.32. The molecule has 1 saturated carbocycles. The molecule has 1 N–H and O–H groups in total. The van der Waals surface area contributed by atoms with Crippen LogP contribution in [-0.2, 0) is 11.3 Å². The molecule has 0 spiro atoms. The molecule has 24 heavy (non-hydrogen) atoms. The molecule has 0 aliphatic heterocycles. The van der Waals surface area contributed by atoms with Crippen molar-refractivity contribution in [3.8, 4) is 0 Å². The predicted molar refractivity (Wildman–Crippen MR) is 93.9 cm³/mol. The quantitative estimate of drug-likeness (QED) is 0.777. The molecule has 1 unspecified atom stereocenters. The van der Waals surface area contributed by atoms with E-state index < -0.39 is 0 Å². The van der Waals surface area contributed by atoms with E-state index in [1.54, 1.807) is 6.07 Å². The SMILES string of the molecule is O=C(Cn1cnc2sccc2c1=O)NC(c1ccccc1)C1CC1. The van der Waals surface area contributed by atoms with Crippen molar-refractivity contribution < 1.29 is 4.79 Å². The highest BCUT2D eigenvalue weighted by atomic mass is 32.1. The summed E-state index contributed by atoms with van der Waals surface area (Å²) in [7, 11) is 0. The largest absolute Gasteiger partial charge is 0.347 e. The van der Waals surface area contributed by atoms with E-state index in [-0.39, 0.29) is 24.1 Å². The molecule has 2 heterocycles. The van der Waals surface area contributed by atoms with Crippen LogP contribution < -0.4 is 10.9 Å². The van der Waals surface area contributed by atoms with Crippen LogP contribution in [-0.4, -0.2) is 15.5 Å². The molecule has 0 bridgehead atoms. The first-order valence-electron chi connectivity index (χ1n) is 7.99. The fraction of sp³-hybridized carbons (Fsp3) is 0.278. The number of thiophene rings is 1. The minimum absolute atomic E-state index is 0.00628. The Labute approximate surface area is 143 Å². The van der Waals surface area contributed by atoms with Gasteiger partial charge in [-0.25, -0.2) is 4.98 Å². The lowest BCUT2D eigenvalue weighted by Gasteiger charge is -2.19. The normalized spacial score (nSPS) is 15.3. The van der Waals surface area contributed by atoms with Gasteiger partial charge in [-0.15, -0.1) is 11.3 Å². The molecule has 4 rings (SSSR count). The van der Waals surface area contributed by atoms with Crippen molar-refractivity contribution in [3.63, 3.8) is 0 Å². The zero-order valence-electron chi connectivity index (χ0n) is 13.0. The molecular formula is C18H17N3O2S. The highest BCUT2D eigenvalue weighted by Crippen LogP contribution is 2.40. The second-order valence-electron chi connectivity index (χ2n) is 6.11. The van der Waals surface area contributed by atoms with Gasteiger partial charge in [-0.2, -0.15) is 0 Å². The fourth-order valence-corrected chi connectivity index (χ4v) is 3.67. The Hall–Kier alpha value is -2.47. The summed E-state index contributed by atoms with van der Waals surface area (Å²) in [5.74, 6) is 0.333. The van der Waals surface area contributed by atoms with Gasteiger partial charge in [0.05, 0.1) is 17.8 Å². The Balaban J connectivity index is 1.53. The van der Waals surface area contributed by atoms with Gasteiger partial charge >= 0.3 is 0 Å². The number of hydrogen-bond donors (Lipinski definition) is 1. The molecule has 1 aliphatic carbocycles. The number of benzene rings is 1. The second kappa shape index (κ2) is 6.20. The molecule has 0 radical (unpaired) electrons. The van der Waals surface area contributed by atoms with Crippen LogP contribution in [0.5, 0.6) is 0 Å². The standard InChI is InChI=1S/C18H17N3O2S/c22-15(10-21-11-19-17-14(18(21)23)8-9-24-17)20-16(13-6-7-13)12-4-2-1-3-5-12/h1-5,8-9,11,13,16H,6-7,10H2,(H,20,22). The third-order valence-corrected chi connectivity index (χ3v) is 5.15.